The van der Waals surface area contributed by atoms with E-state index in [0.29, 0.717) is 18.2 Å². The van der Waals surface area contributed by atoms with Gasteiger partial charge in [-0.25, -0.2) is 0 Å². The van der Waals surface area contributed by atoms with Crippen molar-refractivity contribution in [2.45, 2.75) is 38.8 Å². The Bertz CT molecular complexity index is 552. The number of nitrogens with zero attached hydrogens (tertiary/aromatic N) is 2. The molecule has 2 aromatic rings. The molecule has 1 N–H and O–H groups in total. The third-order valence-electron chi connectivity index (χ3n) is 3.40. The molecule has 0 bridgehead atoms. The van der Waals surface area contributed by atoms with Gasteiger partial charge >= 0.3 is 0 Å². The van der Waals surface area contributed by atoms with Gasteiger partial charge in [0.25, 0.3) is 0 Å². The molecule has 21 heavy (non-hydrogen) atoms. The zero-order chi connectivity index (χ0) is 15.3. The van der Waals surface area contributed by atoms with Gasteiger partial charge in [-0.2, -0.15) is 0 Å². The molecule has 1 unspecified atom stereocenters. The smallest absolute Gasteiger partial charge is 0.237 e. The Morgan fingerprint density at radius 2 is 1.95 bits per heavy atom. The van der Waals surface area contributed by atoms with Gasteiger partial charge < -0.3 is 14.5 Å². The van der Waals surface area contributed by atoms with Crippen molar-refractivity contribution in [3.8, 4) is 0 Å². The van der Waals surface area contributed by atoms with Crippen molar-refractivity contribution in [3.63, 3.8) is 0 Å². The highest BCUT2D eigenvalue weighted by atomic mass is 16.5. The minimum atomic E-state index is -0.315. The maximum atomic E-state index is 5.83. The monoisotopic (exact) mass is 289 g/mol. The number of ether oxygens (including phenoxy) is 1. The SMILES string of the molecule is CCNC(c1ccccc1)c1nnc(CC(C)(C)OC)o1. The van der Waals surface area contributed by atoms with Crippen LogP contribution in [0.15, 0.2) is 34.7 Å². The van der Waals surface area contributed by atoms with Crippen LogP contribution in [0, 0.1) is 0 Å². The molecule has 1 heterocycles. The highest BCUT2D eigenvalue weighted by Crippen LogP contribution is 2.22. The van der Waals surface area contributed by atoms with Crippen LogP contribution in [-0.2, 0) is 11.2 Å². The number of rotatable bonds is 7. The first kappa shape index (κ1) is 15.7. The molecule has 114 valence electrons. The van der Waals surface area contributed by atoms with Crippen molar-refractivity contribution in [1.29, 1.82) is 0 Å². The number of hydrogen-bond acceptors (Lipinski definition) is 5. The molecule has 0 saturated carbocycles. The number of aromatic nitrogens is 2. The van der Waals surface area contributed by atoms with Crippen LogP contribution in [0.5, 0.6) is 0 Å². The average Bonchev–Trinajstić information content (AvgIpc) is 2.93. The van der Waals surface area contributed by atoms with Crippen LogP contribution in [0.4, 0.5) is 0 Å². The van der Waals surface area contributed by atoms with Crippen LogP contribution < -0.4 is 5.32 Å². The fourth-order valence-electron chi connectivity index (χ4n) is 2.09. The molecule has 0 fully saturated rings. The van der Waals surface area contributed by atoms with Crippen molar-refractivity contribution in [2.75, 3.05) is 13.7 Å². The molecule has 0 aliphatic carbocycles. The minimum Gasteiger partial charge on any atom is -0.423 e. The number of methoxy groups -OCH3 is 1. The number of benzene rings is 1. The standard InChI is InChI=1S/C16H23N3O2/c1-5-17-14(12-9-7-6-8-10-12)15-19-18-13(21-15)11-16(2,3)20-4/h6-10,14,17H,5,11H2,1-4H3. The average molecular weight is 289 g/mol. The van der Waals surface area contributed by atoms with Crippen LogP contribution >= 0.6 is 0 Å². The lowest BCUT2D eigenvalue weighted by Crippen LogP contribution is -2.25. The summed E-state index contributed by atoms with van der Waals surface area (Å²) in [7, 11) is 1.68. The Balaban J connectivity index is 2.21. The third-order valence-corrected chi connectivity index (χ3v) is 3.40. The molecule has 0 amide bonds. The van der Waals surface area contributed by atoms with E-state index in [2.05, 4.69) is 34.6 Å². The largest absolute Gasteiger partial charge is 0.423 e. The quantitative estimate of drug-likeness (QED) is 0.849. The maximum absolute atomic E-state index is 5.83. The first-order chi connectivity index (χ1) is 10.1. The Morgan fingerprint density at radius 1 is 1.24 bits per heavy atom. The molecule has 1 aromatic carbocycles. The van der Waals surface area contributed by atoms with E-state index in [4.69, 9.17) is 9.15 Å². The lowest BCUT2D eigenvalue weighted by Gasteiger charge is -2.20. The van der Waals surface area contributed by atoms with Crippen LogP contribution in [0.1, 0.15) is 44.2 Å². The highest BCUT2D eigenvalue weighted by molar-refractivity contribution is 5.23. The van der Waals surface area contributed by atoms with Gasteiger partial charge in [-0.05, 0) is 26.0 Å². The van der Waals surface area contributed by atoms with Crippen LogP contribution in [-0.4, -0.2) is 29.5 Å². The van der Waals surface area contributed by atoms with Gasteiger partial charge in [-0.15, -0.1) is 10.2 Å². The summed E-state index contributed by atoms with van der Waals surface area (Å²) in [6.45, 7) is 6.87. The second-order valence-corrected chi connectivity index (χ2v) is 5.58. The van der Waals surface area contributed by atoms with Crippen LogP contribution in [0.3, 0.4) is 0 Å². The summed E-state index contributed by atoms with van der Waals surface area (Å²) in [4.78, 5) is 0. The van der Waals surface area contributed by atoms with E-state index < -0.39 is 0 Å². The summed E-state index contributed by atoms with van der Waals surface area (Å²) in [5.41, 5.74) is 0.796. The predicted octanol–water partition coefficient (Wildman–Crippen LogP) is 2.74. The van der Waals surface area contributed by atoms with E-state index in [1.54, 1.807) is 7.11 Å². The van der Waals surface area contributed by atoms with Gasteiger partial charge in [0.2, 0.25) is 11.8 Å². The Labute approximate surface area is 125 Å². The molecule has 5 nitrogen and oxygen atoms in total. The number of hydrogen-bond donors (Lipinski definition) is 1. The zero-order valence-corrected chi connectivity index (χ0v) is 13.1. The molecule has 1 atom stereocenters. The lowest BCUT2D eigenvalue weighted by atomic mass is 10.1. The van der Waals surface area contributed by atoms with Crippen molar-refractivity contribution in [1.82, 2.24) is 15.5 Å². The van der Waals surface area contributed by atoms with Crippen molar-refractivity contribution < 1.29 is 9.15 Å². The molecule has 0 radical (unpaired) electrons. The molecular weight excluding hydrogens is 266 g/mol. The van der Waals surface area contributed by atoms with Gasteiger partial charge in [-0.1, -0.05) is 37.3 Å². The van der Waals surface area contributed by atoms with Crippen LogP contribution in [0.2, 0.25) is 0 Å². The van der Waals surface area contributed by atoms with Crippen molar-refractivity contribution in [3.05, 3.63) is 47.7 Å². The summed E-state index contributed by atoms with van der Waals surface area (Å²) in [6.07, 6.45) is 0.587. The fourth-order valence-corrected chi connectivity index (χ4v) is 2.09. The van der Waals surface area contributed by atoms with E-state index in [1.807, 2.05) is 32.0 Å². The Hall–Kier alpha value is -1.72. The maximum Gasteiger partial charge on any atom is 0.237 e. The second kappa shape index (κ2) is 6.83. The van der Waals surface area contributed by atoms with E-state index >= 15 is 0 Å². The van der Waals surface area contributed by atoms with Crippen LogP contribution in [0.25, 0.3) is 0 Å². The summed E-state index contributed by atoms with van der Waals surface area (Å²) < 4.78 is 11.2. The summed E-state index contributed by atoms with van der Waals surface area (Å²) in [5.74, 6) is 1.18. The van der Waals surface area contributed by atoms with Gasteiger partial charge in [0.05, 0.1) is 12.0 Å². The first-order valence-electron chi connectivity index (χ1n) is 7.21. The van der Waals surface area contributed by atoms with E-state index in [0.717, 1.165) is 12.1 Å². The number of nitrogens with one attached hydrogen (secondary N) is 1. The summed E-state index contributed by atoms with van der Waals surface area (Å²) in [5, 5.41) is 11.7. The Kier molecular flexibility index (Phi) is 5.09. The van der Waals surface area contributed by atoms with Crippen molar-refractivity contribution >= 4 is 0 Å². The molecule has 0 saturated heterocycles. The topological polar surface area (TPSA) is 60.2 Å². The zero-order valence-electron chi connectivity index (χ0n) is 13.1. The molecule has 0 spiro atoms. The molecule has 5 heteroatoms. The molecule has 2 rings (SSSR count). The lowest BCUT2D eigenvalue weighted by molar-refractivity contribution is 0.0178. The van der Waals surface area contributed by atoms with Gasteiger partial charge in [0, 0.05) is 7.11 Å². The molecule has 0 aliphatic rings. The van der Waals surface area contributed by atoms with Crippen molar-refractivity contribution in [2.24, 2.45) is 0 Å². The normalized spacial score (nSPS) is 13.3. The fraction of sp³-hybridized carbons (Fsp3) is 0.500. The summed E-state index contributed by atoms with van der Waals surface area (Å²) in [6, 6.07) is 10.0. The summed E-state index contributed by atoms with van der Waals surface area (Å²) >= 11 is 0. The predicted molar refractivity (Wildman–Crippen MR) is 81.1 cm³/mol. The van der Waals surface area contributed by atoms with Gasteiger partial charge in [-0.3, -0.25) is 0 Å². The third kappa shape index (κ3) is 4.12. The van der Waals surface area contributed by atoms with Gasteiger partial charge in [0.1, 0.15) is 6.04 Å². The van der Waals surface area contributed by atoms with E-state index in [-0.39, 0.29) is 11.6 Å². The molecule has 1 aromatic heterocycles. The Morgan fingerprint density at radius 3 is 2.57 bits per heavy atom. The van der Waals surface area contributed by atoms with E-state index in [1.165, 1.54) is 0 Å². The van der Waals surface area contributed by atoms with E-state index in [9.17, 15) is 0 Å². The molecule has 0 aliphatic heterocycles. The second-order valence-electron chi connectivity index (χ2n) is 5.58. The molecular formula is C16H23N3O2. The minimum absolute atomic E-state index is 0.0805. The van der Waals surface area contributed by atoms with Gasteiger partial charge in [0.15, 0.2) is 0 Å². The highest BCUT2D eigenvalue weighted by Gasteiger charge is 2.24. The first-order valence-corrected chi connectivity index (χ1v) is 7.21.